The molecule has 1 N–H and O–H groups in total. The second-order valence-electron chi connectivity index (χ2n) is 7.76. The number of likely N-dealkylation sites (tertiary alicyclic amines) is 1. The molecule has 1 saturated heterocycles. The molecule has 160 valence electrons. The van der Waals surface area contributed by atoms with Crippen LogP contribution in [0.2, 0.25) is 0 Å². The number of carbonyl (C=O) groups is 1. The highest BCUT2D eigenvalue weighted by atomic mass is 32.1. The van der Waals surface area contributed by atoms with Gasteiger partial charge in [-0.15, -0.1) is 0 Å². The van der Waals surface area contributed by atoms with Crippen molar-refractivity contribution in [3.8, 4) is 17.0 Å². The van der Waals surface area contributed by atoms with Crippen molar-refractivity contribution < 1.29 is 9.53 Å². The lowest BCUT2D eigenvalue weighted by Gasteiger charge is -2.31. The van der Waals surface area contributed by atoms with Gasteiger partial charge >= 0.3 is 0 Å². The Labute approximate surface area is 186 Å². The average molecular weight is 435 g/mol. The fourth-order valence-corrected chi connectivity index (χ4v) is 4.65. The molecule has 4 rings (SSSR count). The van der Waals surface area contributed by atoms with Crippen LogP contribution < -0.4 is 10.1 Å². The van der Waals surface area contributed by atoms with Crippen molar-refractivity contribution in [1.82, 2.24) is 15.2 Å². The maximum absolute atomic E-state index is 12.1. The SMILES string of the molecule is N#CCCNC(=O)C1CCN(CCc2ccc(Oc3nc4ccccc4s3)cc2)CC1. The number of piperidine rings is 1. The van der Waals surface area contributed by atoms with E-state index in [0.29, 0.717) is 18.2 Å². The van der Waals surface area contributed by atoms with Crippen LogP contribution >= 0.6 is 11.3 Å². The van der Waals surface area contributed by atoms with E-state index in [-0.39, 0.29) is 11.8 Å². The minimum absolute atomic E-state index is 0.0777. The molecule has 0 radical (unpaired) electrons. The summed E-state index contributed by atoms with van der Waals surface area (Å²) in [5.41, 5.74) is 2.23. The Kier molecular flexibility index (Phi) is 7.13. The number of rotatable bonds is 8. The summed E-state index contributed by atoms with van der Waals surface area (Å²) in [6.07, 6.45) is 3.11. The van der Waals surface area contributed by atoms with Crippen LogP contribution in [0.4, 0.5) is 0 Å². The zero-order chi connectivity index (χ0) is 21.5. The van der Waals surface area contributed by atoms with Crippen molar-refractivity contribution in [1.29, 1.82) is 5.26 Å². The van der Waals surface area contributed by atoms with Gasteiger partial charge in [0.1, 0.15) is 5.75 Å². The second-order valence-corrected chi connectivity index (χ2v) is 8.75. The molecule has 0 spiro atoms. The van der Waals surface area contributed by atoms with Gasteiger partial charge in [-0.1, -0.05) is 35.6 Å². The number of nitrogens with zero attached hydrogens (tertiary/aromatic N) is 3. The maximum Gasteiger partial charge on any atom is 0.279 e. The van der Waals surface area contributed by atoms with Gasteiger partial charge in [-0.2, -0.15) is 5.26 Å². The summed E-state index contributed by atoms with van der Waals surface area (Å²) in [6.45, 7) is 3.32. The number of nitriles is 1. The second kappa shape index (κ2) is 10.4. The van der Waals surface area contributed by atoms with Crippen LogP contribution in [-0.2, 0) is 11.2 Å². The summed E-state index contributed by atoms with van der Waals surface area (Å²) in [6, 6.07) is 18.3. The summed E-state index contributed by atoms with van der Waals surface area (Å²) in [7, 11) is 0. The van der Waals surface area contributed by atoms with Crippen molar-refractivity contribution in [3.05, 3.63) is 54.1 Å². The number of aromatic nitrogens is 1. The average Bonchev–Trinajstić information content (AvgIpc) is 3.21. The summed E-state index contributed by atoms with van der Waals surface area (Å²) in [5.74, 6) is 0.971. The van der Waals surface area contributed by atoms with E-state index in [2.05, 4.69) is 33.4 Å². The highest BCUT2D eigenvalue weighted by molar-refractivity contribution is 7.20. The van der Waals surface area contributed by atoms with Crippen molar-refractivity contribution in [2.24, 2.45) is 5.92 Å². The largest absolute Gasteiger partial charge is 0.431 e. The summed E-state index contributed by atoms with van der Waals surface area (Å²) in [4.78, 5) is 19.1. The van der Waals surface area contributed by atoms with E-state index in [9.17, 15) is 4.79 Å². The third-order valence-electron chi connectivity index (χ3n) is 5.61. The minimum atomic E-state index is 0.0777. The zero-order valence-corrected chi connectivity index (χ0v) is 18.2. The van der Waals surface area contributed by atoms with Crippen molar-refractivity contribution in [2.45, 2.75) is 25.7 Å². The first-order chi connectivity index (χ1) is 15.2. The lowest BCUT2D eigenvalue weighted by atomic mass is 9.95. The number of fused-ring (bicyclic) bond motifs is 1. The molecule has 1 fully saturated rings. The van der Waals surface area contributed by atoms with Crippen LogP contribution in [0, 0.1) is 17.2 Å². The van der Waals surface area contributed by atoms with E-state index < -0.39 is 0 Å². The van der Waals surface area contributed by atoms with Crippen LogP contribution in [-0.4, -0.2) is 42.0 Å². The van der Waals surface area contributed by atoms with E-state index in [1.54, 1.807) is 11.3 Å². The van der Waals surface area contributed by atoms with Crippen molar-refractivity contribution in [2.75, 3.05) is 26.2 Å². The van der Waals surface area contributed by atoms with E-state index in [0.717, 1.165) is 54.9 Å². The predicted molar refractivity (Wildman–Crippen MR) is 122 cm³/mol. The standard InChI is InChI=1S/C24H26N4O2S/c25-13-3-14-26-23(29)19-11-16-28(17-12-19)15-10-18-6-8-20(9-7-18)30-24-27-21-4-1-2-5-22(21)31-24/h1-2,4-9,19H,3,10-12,14-17H2,(H,26,29). The molecular formula is C24H26N4O2S. The number of ether oxygens (including phenoxy) is 1. The van der Waals surface area contributed by atoms with Crippen LogP contribution in [0.15, 0.2) is 48.5 Å². The number of para-hydroxylation sites is 1. The number of thiazole rings is 1. The molecule has 0 unspecified atom stereocenters. The van der Waals surface area contributed by atoms with Gasteiger partial charge in [0.05, 0.1) is 22.7 Å². The van der Waals surface area contributed by atoms with Gasteiger partial charge in [-0.05, 0) is 62.2 Å². The van der Waals surface area contributed by atoms with Gasteiger partial charge in [-0.25, -0.2) is 4.98 Å². The normalized spacial score (nSPS) is 14.9. The van der Waals surface area contributed by atoms with Crippen LogP contribution in [0.1, 0.15) is 24.8 Å². The van der Waals surface area contributed by atoms with Crippen LogP contribution in [0.3, 0.4) is 0 Å². The molecule has 0 atom stereocenters. The summed E-state index contributed by atoms with van der Waals surface area (Å²) < 4.78 is 7.05. The molecule has 3 aromatic rings. The first kappa shape index (κ1) is 21.3. The Morgan fingerprint density at radius 2 is 1.97 bits per heavy atom. The molecule has 7 heteroatoms. The van der Waals surface area contributed by atoms with Crippen molar-refractivity contribution in [3.63, 3.8) is 0 Å². The first-order valence-electron chi connectivity index (χ1n) is 10.7. The highest BCUT2D eigenvalue weighted by Gasteiger charge is 2.24. The van der Waals surface area contributed by atoms with Crippen LogP contribution in [0.5, 0.6) is 10.9 Å². The molecule has 0 bridgehead atoms. The Balaban J connectivity index is 1.21. The Morgan fingerprint density at radius 1 is 1.19 bits per heavy atom. The number of hydrogen-bond acceptors (Lipinski definition) is 6. The van der Waals surface area contributed by atoms with E-state index >= 15 is 0 Å². The molecule has 1 aromatic heterocycles. The number of carbonyl (C=O) groups excluding carboxylic acids is 1. The molecule has 0 aliphatic carbocycles. The Morgan fingerprint density at radius 3 is 2.71 bits per heavy atom. The number of hydrogen-bond donors (Lipinski definition) is 1. The summed E-state index contributed by atoms with van der Waals surface area (Å²) in [5, 5.41) is 12.1. The third-order valence-corrected chi connectivity index (χ3v) is 6.53. The van der Waals surface area contributed by atoms with Gasteiger partial charge in [0.2, 0.25) is 5.91 Å². The minimum Gasteiger partial charge on any atom is -0.431 e. The van der Waals surface area contributed by atoms with Gasteiger partial charge in [0.15, 0.2) is 0 Å². The molecule has 1 aliphatic heterocycles. The monoisotopic (exact) mass is 434 g/mol. The number of nitrogens with one attached hydrogen (secondary N) is 1. The van der Waals surface area contributed by atoms with E-state index in [1.807, 2.05) is 36.4 Å². The van der Waals surface area contributed by atoms with E-state index in [1.165, 1.54) is 5.56 Å². The number of amides is 1. The quantitative estimate of drug-likeness (QED) is 0.533. The topological polar surface area (TPSA) is 78.2 Å². The van der Waals surface area contributed by atoms with Gasteiger partial charge < -0.3 is 15.0 Å². The lowest BCUT2D eigenvalue weighted by molar-refractivity contribution is -0.126. The molecule has 1 amide bonds. The highest BCUT2D eigenvalue weighted by Crippen LogP contribution is 2.31. The smallest absolute Gasteiger partial charge is 0.279 e. The van der Waals surface area contributed by atoms with Crippen LogP contribution in [0.25, 0.3) is 10.2 Å². The fraction of sp³-hybridized carbons (Fsp3) is 0.375. The van der Waals surface area contributed by atoms with Gasteiger partial charge in [0.25, 0.3) is 5.19 Å². The molecule has 2 heterocycles. The third kappa shape index (κ3) is 5.81. The molecule has 6 nitrogen and oxygen atoms in total. The zero-order valence-electron chi connectivity index (χ0n) is 17.4. The Hall–Kier alpha value is -2.95. The predicted octanol–water partition coefficient (Wildman–Crippen LogP) is 4.37. The number of benzene rings is 2. The summed E-state index contributed by atoms with van der Waals surface area (Å²) >= 11 is 1.55. The molecule has 2 aromatic carbocycles. The fourth-order valence-electron chi connectivity index (χ4n) is 3.81. The maximum atomic E-state index is 12.1. The Bertz CT molecular complexity index is 1020. The first-order valence-corrected chi connectivity index (χ1v) is 11.5. The molecular weight excluding hydrogens is 408 g/mol. The molecule has 31 heavy (non-hydrogen) atoms. The lowest BCUT2D eigenvalue weighted by Crippen LogP contribution is -2.41. The van der Waals surface area contributed by atoms with E-state index in [4.69, 9.17) is 10.00 Å². The van der Waals surface area contributed by atoms with Gasteiger partial charge in [0, 0.05) is 19.0 Å². The molecule has 0 saturated carbocycles. The molecule has 1 aliphatic rings. The van der Waals surface area contributed by atoms with Crippen molar-refractivity contribution >= 4 is 27.5 Å². The van der Waals surface area contributed by atoms with Gasteiger partial charge in [-0.3, -0.25) is 4.79 Å².